The smallest absolute Gasteiger partial charge is 0.122 e. The lowest BCUT2D eigenvalue weighted by Gasteiger charge is -2.16. The van der Waals surface area contributed by atoms with Crippen molar-refractivity contribution in [3.63, 3.8) is 0 Å². The Labute approximate surface area is 111 Å². The van der Waals surface area contributed by atoms with Crippen LogP contribution in [0.1, 0.15) is 57.9 Å². The van der Waals surface area contributed by atoms with Gasteiger partial charge in [-0.25, -0.2) is 0 Å². The van der Waals surface area contributed by atoms with Crippen LogP contribution in [0.5, 0.6) is 5.75 Å². The SMILES string of the molecule is CCC(O)CCCOc1ccccc1C(C)CC. The topological polar surface area (TPSA) is 29.5 Å². The molecule has 0 aromatic heterocycles. The van der Waals surface area contributed by atoms with Crippen LogP contribution >= 0.6 is 0 Å². The van der Waals surface area contributed by atoms with E-state index in [0.29, 0.717) is 12.5 Å². The van der Waals surface area contributed by atoms with Crippen LogP contribution in [-0.2, 0) is 0 Å². The molecular formula is C16H26O2. The zero-order valence-electron chi connectivity index (χ0n) is 11.9. The Bertz CT molecular complexity index is 336. The Morgan fingerprint density at radius 2 is 1.89 bits per heavy atom. The van der Waals surface area contributed by atoms with Gasteiger partial charge in [-0.05, 0) is 43.2 Å². The second-order valence-electron chi connectivity index (χ2n) is 4.90. The van der Waals surface area contributed by atoms with Gasteiger partial charge in [0.15, 0.2) is 0 Å². The molecule has 0 aliphatic rings. The zero-order chi connectivity index (χ0) is 13.4. The fraction of sp³-hybridized carbons (Fsp3) is 0.625. The van der Waals surface area contributed by atoms with Gasteiger partial charge in [0.25, 0.3) is 0 Å². The van der Waals surface area contributed by atoms with Crippen molar-refractivity contribution < 1.29 is 9.84 Å². The van der Waals surface area contributed by atoms with Gasteiger partial charge in [0.1, 0.15) is 5.75 Å². The number of aliphatic hydroxyl groups is 1. The Kier molecular flexibility index (Phi) is 6.81. The second-order valence-corrected chi connectivity index (χ2v) is 4.90. The van der Waals surface area contributed by atoms with Crippen LogP contribution in [0.25, 0.3) is 0 Å². The molecule has 0 aliphatic carbocycles. The van der Waals surface area contributed by atoms with E-state index in [0.717, 1.165) is 31.4 Å². The largest absolute Gasteiger partial charge is 0.493 e. The molecule has 0 amide bonds. The molecule has 2 nitrogen and oxygen atoms in total. The van der Waals surface area contributed by atoms with Crippen LogP contribution in [0.15, 0.2) is 24.3 Å². The monoisotopic (exact) mass is 250 g/mol. The summed E-state index contributed by atoms with van der Waals surface area (Å²) in [5.74, 6) is 1.53. The highest BCUT2D eigenvalue weighted by Gasteiger charge is 2.09. The van der Waals surface area contributed by atoms with E-state index in [4.69, 9.17) is 4.74 Å². The van der Waals surface area contributed by atoms with Crippen LogP contribution in [0.2, 0.25) is 0 Å². The van der Waals surface area contributed by atoms with Gasteiger partial charge in [-0.15, -0.1) is 0 Å². The highest BCUT2D eigenvalue weighted by molar-refractivity contribution is 5.35. The van der Waals surface area contributed by atoms with Crippen molar-refractivity contribution in [2.45, 2.75) is 58.5 Å². The Balaban J connectivity index is 2.46. The average Bonchev–Trinajstić information content (AvgIpc) is 2.42. The molecular weight excluding hydrogens is 224 g/mol. The van der Waals surface area contributed by atoms with Crippen molar-refractivity contribution in [1.29, 1.82) is 0 Å². The molecule has 0 aliphatic heterocycles. The number of hydrogen-bond acceptors (Lipinski definition) is 2. The number of rotatable bonds is 8. The van der Waals surface area contributed by atoms with Gasteiger partial charge in [0, 0.05) is 0 Å². The summed E-state index contributed by atoms with van der Waals surface area (Å²) in [4.78, 5) is 0. The van der Waals surface area contributed by atoms with E-state index in [1.165, 1.54) is 5.56 Å². The second kappa shape index (κ2) is 8.15. The maximum atomic E-state index is 9.48. The lowest BCUT2D eigenvalue weighted by Crippen LogP contribution is -2.08. The van der Waals surface area contributed by atoms with Gasteiger partial charge in [-0.2, -0.15) is 0 Å². The van der Waals surface area contributed by atoms with Gasteiger partial charge in [-0.3, -0.25) is 0 Å². The molecule has 2 atom stereocenters. The third kappa shape index (κ3) is 4.69. The molecule has 2 unspecified atom stereocenters. The van der Waals surface area contributed by atoms with Gasteiger partial charge in [-0.1, -0.05) is 39.0 Å². The molecule has 1 N–H and O–H groups in total. The summed E-state index contributed by atoms with van der Waals surface area (Å²) in [6.45, 7) is 7.11. The van der Waals surface area contributed by atoms with Crippen molar-refractivity contribution in [3.8, 4) is 5.75 Å². The van der Waals surface area contributed by atoms with Crippen molar-refractivity contribution >= 4 is 0 Å². The third-order valence-corrected chi connectivity index (χ3v) is 3.47. The minimum absolute atomic E-state index is 0.182. The first-order valence-electron chi connectivity index (χ1n) is 7.08. The lowest BCUT2D eigenvalue weighted by molar-refractivity contribution is 0.148. The number of hydrogen-bond donors (Lipinski definition) is 1. The Morgan fingerprint density at radius 3 is 2.56 bits per heavy atom. The minimum atomic E-state index is -0.182. The summed E-state index contributed by atoms with van der Waals surface area (Å²) >= 11 is 0. The molecule has 0 bridgehead atoms. The number of benzene rings is 1. The molecule has 0 fully saturated rings. The van der Waals surface area contributed by atoms with Crippen molar-refractivity contribution in [3.05, 3.63) is 29.8 Å². The standard InChI is InChI=1S/C16H26O2/c1-4-13(3)15-10-6-7-11-16(15)18-12-8-9-14(17)5-2/h6-7,10-11,13-14,17H,4-5,8-9,12H2,1-3H3. The molecule has 0 saturated heterocycles. The maximum Gasteiger partial charge on any atom is 0.122 e. The average molecular weight is 250 g/mol. The van der Waals surface area contributed by atoms with E-state index in [1.54, 1.807) is 0 Å². The molecule has 1 aromatic carbocycles. The Morgan fingerprint density at radius 1 is 1.17 bits per heavy atom. The first-order valence-corrected chi connectivity index (χ1v) is 7.08. The van der Waals surface area contributed by atoms with Crippen LogP contribution in [0.4, 0.5) is 0 Å². The summed E-state index contributed by atoms with van der Waals surface area (Å²) in [5.41, 5.74) is 1.29. The number of ether oxygens (including phenoxy) is 1. The van der Waals surface area contributed by atoms with E-state index < -0.39 is 0 Å². The van der Waals surface area contributed by atoms with E-state index >= 15 is 0 Å². The molecule has 0 radical (unpaired) electrons. The molecule has 18 heavy (non-hydrogen) atoms. The van der Waals surface area contributed by atoms with Crippen LogP contribution < -0.4 is 4.74 Å². The van der Waals surface area contributed by atoms with Gasteiger partial charge in [0.05, 0.1) is 12.7 Å². The summed E-state index contributed by atoms with van der Waals surface area (Å²) in [6.07, 6.45) is 3.49. The van der Waals surface area contributed by atoms with E-state index in [1.807, 2.05) is 19.1 Å². The van der Waals surface area contributed by atoms with Crippen LogP contribution in [0, 0.1) is 0 Å². The highest BCUT2D eigenvalue weighted by atomic mass is 16.5. The normalized spacial score (nSPS) is 14.2. The predicted octanol–water partition coefficient (Wildman–Crippen LogP) is 4.13. The molecule has 0 heterocycles. The van der Waals surface area contributed by atoms with Crippen molar-refractivity contribution in [1.82, 2.24) is 0 Å². The molecule has 1 aromatic rings. The molecule has 1 rings (SSSR count). The van der Waals surface area contributed by atoms with Crippen molar-refractivity contribution in [2.75, 3.05) is 6.61 Å². The summed E-state index contributed by atoms with van der Waals surface area (Å²) < 4.78 is 5.84. The lowest BCUT2D eigenvalue weighted by atomic mass is 9.98. The first-order chi connectivity index (χ1) is 8.69. The van der Waals surface area contributed by atoms with Gasteiger partial charge in [0.2, 0.25) is 0 Å². The fourth-order valence-corrected chi connectivity index (χ4v) is 1.94. The quantitative estimate of drug-likeness (QED) is 0.703. The third-order valence-electron chi connectivity index (χ3n) is 3.47. The van der Waals surface area contributed by atoms with Gasteiger partial charge < -0.3 is 9.84 Å². The molecule has 2 heteroatoms. The summed E-state index contributed by atoms with van der Waals surface area (Å²) in [7, 11) is 0. The Hall–Kier alpha value is -1.02. The van der Waals surface area contributed by atoms with Crippen LogP contribution in [0.3, 0.4) is 0 Å². The fourth-order valence-electron chi connectivity index (χ4n) is 1.94. The van der Waals surface area contributed by atoms with E-state index in [2.05, 4.69) is 26.0 Å². The maximum absolute atomic E-state index is 9.48. The van der Waals surface area contributed by atoms with Gasteiger partial charge >= 0.3 is 0 Å². The summed E-state index contributed by atoms with van der Waals surface area (Å²) in [6, 6.07) is 8.26. The zero-order valence-corrected chi connectivity index (χ0v) is 11.9. The summed E-state index contributed by atoms with van der Waals surface area (Å²) in [5, 5.41) is 9.48. The van der Waals surface area contributed by atoms with Crippen molar-refractivity contribution in [2.24, 2.45) is 0 Å². The van der Waals surface area contributed by atoms with E-state index in [9.17, 15) is 5.11 Å². The number of aliphatic hydroxyl groups excluding tert-OH is 1. The minimum Gasteiger partial charge on any atom is -0.493 e. The predicted molar refractivity (Wildman–Crippen MR) is 76.2 cm³/mol. The molecule has 0 saturated carbocycles. The van der Waals surface area contributed by atoms with Crippen LogP contribution in [-0.4, -0.2) is 17.8 Å². The molecule has 0 spiro atoms. The van der Waals surface area contributed by atoms with E-state index in [-0.39, 0.29) is 6.10 Å². The molecule has 102 valence electrons. The highest BCUT2D eigenvalue weighted by Crippen LogP contribution is 2.28. The number of para-hydroxylation sites is 1. The first kappa shape index (κ1) is 15.0.